The number of hydrogen-bond acceptors (Lipinski definition) is 0. The van der Waals surface area contributed by atoms with Gasteiger partial charge in [0, 0.05) is 6.08 Å². The van der Waals surface area contributed by atoms with Gasteiger partial charge in [0.2, 0.25) is 0 Å². The molecule has 0 aromatic rings. The van der Waals surface area contributed by atoms with Crippen molar-refractivity contribution >= 4 is 22.6 Å². The van der Waals surface area contributed by atoms with Crippen LogP contribution in [0.15, 0.2) is 9.66 Å². The van der Waals surface area contributed by atoms with E-state index < -0.39 is 39.8 Å². The van der Waals surface area contributed by atoms with Gasteiger partial charge in [-0.05, 0) is 22.6 Å². The summed E-state index contributed by atoms with van der Waals surface area (Å²) >= 11 is -0.0866. The van der Waals surface area contributed by atoms with Gasteiger partial charge in [-0.15, -0.1) is 0 Å². The van der Waals surface area contributed by atoms with Gasteiger partial charge in [-0.25, -0.2) is 0 Å². The van der Waals surface area contributed by atoms with Crippen molar-refractivity contribution in [3.8, 4) is 0 Å². The highest BCUT2D eigenvalue weighted by atomic mass is 127. The number of allylic oxidation sites excluding steroid dienone is 2. The lowest BCUT2D eigenvalue weighted by atomic mass is 10.1. The summed E-state index contributed by atoms with van der Waals surface area (Å²) in [5, 5.41) is 0. The SMILES string of the molecule is FC(F)(F)C(F)(F)C(I)=CC(F)(F)C(F)(F)C(F)(F)F. The van der Waals surface area contributed by atoms with Gasteiger partial charge in [0.15, 0.2) is 0 Å². The molecule has 0 spiro atoms. The first-order chi connectivity index (χ1) is 8.38. The summed E-state index contributed by atoms with van der Waals surface area (Å²) in [7, 11) is 0. The van der Waals surface area contributed by atoms with Crippen LogP contribution in [0, 0.1) is 0 Å². The fourth-order valence-electron chi connectivity index (χ4n) is 0.665. The third-order valence-electron chi connectivity index (χ3n) is 1.74. The molecule has 0 aromatic heterocycles. The Kier molecular flexibility index (Phi) is 5.03. The molecule has 0 aliphatic carbocycles. The van der Waals surface area contributed by atoms with Crippen molar-refractivity contribution in [2.75, 3.05) is 0 Å². The van der Waals surface area contributed by atoms with Crippen molar-refractivity contribution in [1.82, 2.24) is 0 Å². The molecule has 13 heteroatoms. The van der Waals surface area contributed by atoms with Crippen LogP contribution in [0.4, 0.5) is 52.7 Å². The Balaban J connectivity index is 5.75. The summed E-state index contributed by atoms with van der Waals surface area (Å²) in [4.78, 5) is 0. The van der Waals surface area contributed by atoms with E-state index in [4.69, 9.17) is 0 Å². The van der Waals surface area contributed by atoms with Crippen LogP contribution in [0.25, 0.3) is 0 Å². The van der Waals surface area contributed by atoms with Gasteiger partial charge in [0.25, 0.3) is 0 Å². The number of alkyl halides is 12. The molecule has 0 heterocycles. The summed E-state index contributed by atoms with van der Waals surface area (Å²) < 4.78 is 142. The molecule has 0 bridgehead atoms. The Morgan fingerprint density at radius 1 is 0.650 bits per heavy atom. The van der Waals surface area contributed by atoms with Crippen molar-refractivity contribution in [1.29, 1.82) is 0 Å². The lowest BCUT2D eigenvalue weighted by Crippen LogP contribution is -2.51. The van der Waals surface area contributed by atoms with Gasteiger partial charge in [0.1, 0.15) is 0 Å². The zero-order valence-electron chi connectivity index (χ0n) is 8.49. The van der Waals surface area contributed by atoms with Crippen molar-refractivity contribution in [2.45, 2.75) is 30.1 Å². The predicted molar refractivity (Wildman–Crippen MR) is 49.1 cm³/mol. The van der Waals surface area contributed by atoms with Gasteiger partial charge in [-0.1, -0.05) is 0 Å². The molecule has 0 rings (SSSR count). The first-order valence-corrected chi connectivity index (χ1v) is 5.11. The molecule has 0 aliphatic heterocycles. The first kappa shape index (κ1) is 19.6. The standard InChI is InChI=1S/C7HF12I/c8-3(9,5(12,13)7(17,18)19)1-2(20)4(10,11)6(14,15)16/h1H. The second-order valence-electron chi connectivity index (χ2n) is 3.26. The number of rotatable bonds is 3. The largest absolute Gasteiger partial charge is 0.460 e. The van der Waals surface area contributed by atoms with Crippen LogP contribution in [0.2, 0.25) is 0 Å². The Morgan fingerprint density at radius 3 is 1.25 bits per heavy atom. The van der Waals surface area contributed by atoms with E-state index in [1.54, 1.807) is 0 Å². The molecule has 0 saturated heterocycles. The topological polar surface area (TPSA) is 0 Å². The Labute approximate surface area is 115 Å². The second kappa shape index (κ2) is 5.12. The summed E-state index contributed by atoms with van der Waals surface area (Å²) in [6.07, 6.45) is -15.0. The molecule has 0 amide bonds. The van der Waals surface area contributed by atoms with Crippen molar-refractivity contribution in [3.63, 3.8) is 0 Å². The van der Waals surface area contributed by atoms with Crippen molar-refractivity contribution in [3.05, 3.63) is 9.66 Å². The van der Waals surface area contributed by atoms with Crippen LogP contribution >= 0.6 is 22.6 Å². The van der Waals surface area contributed by atoms with Crippen LogP contribution in [0.3, 0.4) is 0 Å². The Morgan fingerprint density at radius 2 is 1.00 bits per heavy atom. The molecule has 0 nitrogen and oxygen atoms in total. The van der Waals surface area contributed by atoms with Gasteiger partial charge >= 0.3 is 30.1 Å². The average molecular weight is 440 g/mol. The Bertz CT molecular complexity index is 386. The van der Waals surface area contributed by atoms with Crippen molar-refractivity contribution < 1.29 is 52.7 Å². The zero-order chi connectivity index (χ0) is 16.8. The van der Waals surface area contributed by atoms with E-state index in [9.17, 15) is 52.7 Å². The maximum absolute atomic E-state index is 12.6. The van der Waals surface area contributed by atoms with Gasteiger partial charge in [-0.3, -0.25) is 0 Å². The predicted octanol–water partition coefficient (Wildman–Crippen LogP) is 5.34. The fraction of sp³-hybridized carbons (Fsp3) is 0.714. The van der Waals surface area contributed by atoms with Gasteiger partial charge in [-0.2, -0.15) is 52.7 Å². The molecular weight excluding hydrogens is 439 g/mol. The maximum Gasteiger partial charge on any atom is 0.460 e. The van der Waals surface area contributed by atoms with E-state index in [1.165, 1.54) is 0 Å². The Hall–Kier alpha value is -0.370. The molecule has 0 unspecified atom stereocenters. The highest BCUT2D eigenvalue weighted by Gasteiger charge is 2.73. The van der Waals surface area contributed by atoms with E-state index in [0.717, 1.165) is 0 Å². The summed E-state index contributed by atoms with van der Waals surface area (Å²) in [5.41, 5.74) is 0. The molecule has 0 N–H and O–H groups in total. The number of halogens is 13. The molecule has 0 fully saturated rings. The fourth-order valence-corrected chi connectivity index (χ4v) is 1.36. The van der Waals surface area contributed by atoms with Crippen LogP contribution in [0.1, 0.15) is 0 Å². The van der Waals surface area contributed by atoms with E-state index >= 15 is 0 Å². The smallest absolute Gasteiger partial charge is 0.195 e. The normalized spacial score (nSPS) is 16.6. The molecule has 0 saturated carbocycles. The average Bonchev–Trinajstić information content (AvgIpc) is 2.12. The third kappa shape index (κ3) is 3.44. The molecule has 0 aliphatic rings. The van der Waals surface area contributed by atoms with E-state index in [1.807, 2.05) is 0 Å². The number of hydrogen-bond donors (Lipinski definition) is 0. The van der Waals surface area contributed by atoms with Crippen molar-refractivity contribution in [2.24, 2.45) is 0 Å². The monoisotopic (exact) mass is 440 g/mol. The molecule has 0 atom stereocenters. The van der Waals surface area contributed by atoms with Gasteiger partial charge < -0.3 is 0 Å². The molecule has 20 heavy (non-hydrogen) atoms. The lowest BCUT2D eigenvalue weighted by Gasteiger charge is -2.27. The van der Waals surface area contributed by atoms with E-state index in [0.29, 0.717) is 0 Å². The van der Waals surface area contributed by atoms with E-state index in [-0.39, 0.29) is 22.6 Å². The maximum atomic E-state index is 12.6. The molecular formula is C7HF12I. The minimum atomic E-state index is -6.84. The van der Waals surface area contributed by atoms with E-state index in [2.05, 4.69) is 0 Å². The summed E-state index contributed by atoms with van der Waals surface area (Å²) in [5.74, 6) is -19.1. The quantitative estimate of drug-likeness (QED) is 0.411. The summed E-state index contributed by atoms with van der Waals surface area (Å²) in [6.45, 7) is 0. The third-order valence-corrected chi connectivity index (χ3v) is 2.73. The molecule has 0 radical (unpaired) electrons. The first-order valence-electron chi connectivity index (χ1n) is 4.03. The van der Waals surface area contributed by atoms with Gasteiger partial charge in [0.05, 0.1) is 3.58 Å². The van der Waals surface area contributed by atoms with Crippen LogP contribution in [-0.4, -0.2) is 30.1 Å². The minimum absolute atomic E-state index is 0.0866. The highest BCUT2D eigenvalue weighted by molar-refractivity contribution is 14.1. The molecule has 0 aromatic carbocycles. The minimum Gasteiger partial charge on any atom is -0.195 e. The molecule has 120 valence electrons. The zero-order valence-corrected chi connectivity index (χ0v) is 10.6. The lowest BCUT2D eigenvalue weighted by molar-refractivity contribution is -0.342. The second-order valence-corrected chi connectivity index (χ2v) is 4.42. The highest BCUT2D eigenvalue weighted by Crippen LogP contribution is 2.50. The van der Waals surface area contributed by atoms with Crippen LogP contribution < -0.4 is 0 Å². The summed E-state index contributed by atoms with van der Waals surface area (Å²) in [6, 6.07) is 0. The van der Waals surface area contributed by atoms with Crippen LogP contribution in [-0.2, 0) is 0 Å². The van der Waals surface area contributed by atoms with Crippen LogP contribution in [0.5, 0.6) is 0 Å².